The predicted molar refractivity (Wildman–Crippen MR) is 76.5 cm³/mol. The van der Waals surface area contributed by atoms with Gasteiger partial charge in [-0.05, 0) is 12.8 Å². The van der Waals surface area contributed by atoms with E-state index in [0.717, 1.165) is 6.42 Å². The molecule has 1 rings (SSSR count). The van der Waals surface area contributed by atoms with E-state index in [1.807, 2.05) is 6.08 Å². The minimum absolute atomic E-state index is 0.132. The van der Waals surface area contributed by atoms with E-state index >= 15 is 0 Å². The van der Waals surface area contributed by atoms with E-state index in [0.29, 0.717) is 6.61 Å². The van der Waals surface area contributed by atoms with Crippen LogP contribution in [0.4, 0.5) is 0 Å². The van der Waals surface area contributed by atoms with Gasteiger partial charge in [0.05, 0.1) is 19.8 Å². The minimum Gasteiger partial charge on any atom is -0.394 e. The number of aliphatic hydroxyl groups excluding tert-OH is 3. The number of hydrogen-bond donors (Lipinski definition) is 3. The fraction of sp³-hybridized carbons (Fsp3) is 0.867. The second kappa shape index (κ2) is 10.3. The van der Waals surface area contributed by atoms with Crippen molar-refractivity contribution in [1.82, 2.24) is 0 Å². The molecule has 1 heterocycles. The normalized spacial score (nSPS) is 28.3. The standard InChI is InChI=1S/C15H28O5/c1-2-3-4-5-6-7-8-9-19-15-13(18)11-20-14(15)12(17)10-16/h7-8,12-18H,2-6,9-11H2,1H3/b8-7+/t12-,13+,14-,15-/m1/s1. The van der Waals surface area contributed by atoms with Crippen LogP contribution in [-0.2, 0) is 9.47 Å². The first-order valence-electron chi connectivity index (χ1n) is 7.55. The largest absolute Gasteiger partial charge is 0.394 e. The van der Waals surface area contributed by atoms with Crippen LogP contribution < -0.4 is 0 Å². The third-order valence-corrected chi connectivity index (χ3v) is 3.50. The van der Waals surface area contributed by atoms with Crippen LogP contribution in [0, 0.1) is 0 Å². The first kappa shape index (κ1) is 17.6. The molecule has 1 aliphatic heterocycles. The lowest BCUT2D eigenvalue weighted by molar-refractivity contribution is -0.0879. The zero-order valence-electron chi connectivity index (χ0n) is 12.3. The molecule has 0 bridgehead atoms. The highest BCUT2D eigenvalue weighted by Gasteiger charge is 2.40. The van der Waals surface area contributed by atoms with Crippen LogP contribution in [0.3, 0.4) is 0 Å². The molecule has 3 N–H and O–H groups in total. The smallest absolute Gasteiger partial charge is 0.115 e. The fourth-order valence-electron chi connectivity index (χ4n) is 2.30. The summed E-state index contributed by atoms with van der Waals surface area (Å²) in [5.74, 6) is 0. The molecule has 5 nitrogen and oxygen atoms in total. The number of aliphatic hydroxyl groups is 3. The molecule has 0 spiro atoms. The minimum atomic E-state index is -1.02. The number of allylic oxidation sites excluding steroid dienone is 1. The number of hydrogen-bond acceptors (Lipinski definition) is 5. The second-order valence-electron chi connectivity index (χ2n) is 5.23. The second-order valence-corrected chi connectivity index (χ2v) is 5.23. The summed E-state index contributed by atoms with van der Waals surface area (Å²) in [6.45, 7) is 2.31. The lowest BCUT2D eigenvalue weighted by Gasteiger charge is -2.23. The van der Waals surface area contributed by atoms with Gasteiger partial charge in [-0.2, -0.15) is 0 Å². The maximum absolute atomic E-state index is 9.74. The van der Waals surface area contributed by atoms with Crippen molar-refractivity contribution in [2.75, 3.05) is 19.8 Å². The van der Waals surface area contributed by atoms with Crippen LogP contribution in [0.15, 0.2) is 12.2 Å². The molecule has 1 fully saturated rings. The topological polar surface area (TPSA) is 79.2 Å². The molecule has 0 amide bonds. The van der Waals surface area contributed by atoms with Crippen molar-refractivity contribution < 1.29 is 24.8 Å². The van der Waals surface area contributed by atoms with E-state index < -0.39 is 31.0 Å². The van der Waals surface area contributed by atoms with Gasteiger partial charge in [0, 0.05) is 0 Å². The van der Waals surface area contributed by atoms with E-state index in [4.69, 9.17) is 14.6 Å². The number of ether oxygens (including phenoxy) is 2. The van der Waals surface area contributed by atoms with Crippen LogP contribution in [0.5, 0.6) is 0 Å². The quantitative estimate of drug-likeness (QED) is 0.413. The summed E-state index contributed by atoms with van der Waals surface area (Å²) in [7, 11) is 0. The molecule has 0 aromatic carbocycles. The van der Waals surface area contributed by atoms with Crippen LogP contribution in [0.25, 0.3) is 0 Å². The Kier molecular flexibility index (Phi) is 9.05. The summed E-state index contributed by atoms with van der Waals surface area (Å²) < 4.78 is 10.8. The molecular formula is C15H28O5. The zero-order chi connectivity index (χ0) is 14.8. The molecule has 0 radical (unpaired) electrons. The van der Waals surface area contributed by atoms with E-state index in [9.17, 15) is 10.2 Å². The summed E-state index contributed by atoms with van der Waals surface area (Å²) >= 11 is 0. The van der Waals surface area contributed by atoms with Gasteiger partial charge in [0.15, 0.2) is 0 Å². The van der Waals surface area contributed by atoms with Crippen LogP contribution in [-0.4, -0.2) is 59.6 Å². The summed E-state index contributed by atoms with van der Waals surface area (Å²) in [5, 5.41) is 28.3. The third-order valence-electron chi connectivity index (χ3n) is 3.50. The van der Waals surface area contributed by atoms with Gasteiger partial charge in [-0.25, -0.2) is 0 Å². The van der Waals surface area contributed by atoms with E-state index in [-0.39, 0.29) is 6.61 Å². The Bertz CT molecular complexity index is 269. The van der Waals surface area contributed by atoms with Gasteiger partial charge in [-0.15, -0.1) is 0 Å². The van der Waals surface area contributed by atoms with Gasteiger partial charge in [0.1, 0.15) is 24.4 Å². The molecular weight excluding hydrogens is 260 g/mol. The third kappa shape index (κ3) is 5.89. The SMILES string of the molecule is CCCCCC/C=C/CO[C@H]1[C@@H]([C@H](O)CO)OC[C@@H]1O. The van der Waals surface area contributed by atoms with E-state index in [1.54, 1.807) is 0 Å². The van der Waals surface area contributed by atoms with Crippen molar-refractivity contribution in [3.63, 3.8) is 0 Å². The molecule has 0 aromatic heterocycles. The van der Waals surface area contributed by atoms with Crippen molar-refractivity contribution in [3.8, 4) is 0 Å². The molecule has 4 atom stereocenters. The van der Waals surface area contributed by atoms with Crippen molar-refractivity contribution in [2.24, 2.45) is 0 Å². The Hall–Kier alpha value is -0.460. The molecule has 118 valence electrons. The van der Waals surface area contributed by atoms with Crippen LogP contribution in [0.2, 0.25) is 0 Å². The average Bonchev–Trinajstić information content (AvgIpc) is 2.82. The lowest BCUT2D eigenvalue weighted by atomic mass is 10.1. The highest BCUT2D eigenvalue weighted by atomic mass is 16.6. The first-order valence-corrected chi connectivity index (χ1v) is 7.55. The van der Waals surface area contributed by atoms with Gasteiger partial charge in [0.25, 0.3) is 0 Å². The molecule has 5 heteroatoms. The summed E-state index contributed by atoms with van der Waals surface area (Å²) in [4.78, 5) is 0. The molecule has 0 saturated carbocycles. The zero-order valence-corrected chi connectivity index (χ0v) is 12.3. The molecule has 0 unspecified atom stereocenters. The Balaban J connectivity index is 2.20. The average molecular weight is 288 g/mol. The van der Waals surface area contributed by atoms with Crippen LogP contribution in [0.1, 0.15) is 39.0 Å². The summed E-state index contributed by atoms with van der Waals surface area (Å²) in [5.41, 5.74) is 0. The van der Waals surface area contributed by atoms with Crippen molar-refractivity contribution >= 4 is 0 Å². The van der Waals surface area contributed by atoms with Gasteiger partial charge in [0.2, 0.25) is 0 Å². The maximum atomic E-state index is 9.74. The monoisotopic (exact) mass is 288 g/mol. The van der Waals surface area contributed by atoms with Crippen LogP contribution >= 0.6 is 0 Å². The molecule has 1 aliphatic rings. The lowest BCUT2D eigenvalue weighted by Crippen LogP contribution is -2.42. The Morgan fingerprint density at radius 1 is 1.30 bits per heavy atom. The highest BCUT2D eigenvalue weighted by molar-refractivity contribution is 4.90. The molecule has 20 heavy (non-hydrogen) atoms. The highest BCUT2D eigenvalue weighted by Crippen LogP contribution is 2.20. The summed E-state index contributed by atoms with van der Waals surface area (Å²) in [6, 6.07) is 0. The number of unbranched alkanes of at least 4 members (excludes halogenated alkanes) is 4. The van der Waals surface area contributed by atoms with E-state index in [1.165, 1.54) is 25.7 Å². The summed E-state index contributed by atoms with van der Waals surface area (Å²) in [6.07, 6.45) is 6.99. The van der Waals surface area contributed by atoms with Crippen molar-refractivity contribution in [3.05, 3.63) is 12.2 Å². The van der Waals surface area contributed by atoms with Crippen molar-refractivity contribution in [2.45, 2.75) is 63.4 Å². The maximum Gasteiger partial charge on any atom is 0.115 e. The Morgan fingerprint density at radius 2 is 2.10 bits per heavy atom. The Morgan fingerprint density at radius 3 is 2.80 bits per heavy atom. The van der Waals surface area contributed by atoms with Gasteiger partial charge in [-0.3, -0.25) is 0 Å². The van der Waals surface area contributed by atoms with Gasteiger partial charge < -0.3 is 24.8 Å². The van der Waals surface area contributed by atoms with Gasteiger partial charge in [-0.1, -0.05) is 38.3 Å². The fourth-order valence-corrected chi connectivity index (χ4v) is 2.30. The Labute approximate surface area is 121 Å². The van der Waals surface area contributed by atoms with E-state index in [2.05, 4.69) is 13.0 Å². The van der Waals surface area contributed by atoms with Gasteiger partial charge >= 0.3 is 0 Å². The first-order chi connectivity index (χ1) is 9.70. The molecule has 1 saturated heterocycles. The number of rotatable bonds is 10. The molecule has 0 aliphatic carbocycles. The predicted octanol–water partition coefficient (Wildman–Crippen LogP) is 1.01. The molecule has 0 aromatic rings. The van der Waals surface area contributed by atoms with Crippen molar-refractivity contribution in [1.29, 1.82) is 0 Å².